The molecule has 1 rings (SSSR count). The average Bonchev–Trinajstić information content (AvgIpc) is 2.57. The lowest BCUT2D eigenvalue weighted by molar-refractivity contribution is -0.123. The predicted molar refractivity (Wildman–Crippen MR) is 102 cm³/mol. The summed E-state index contributed by atoms with van der Waals surface area (Å²) in [6, 6.07) is 4.39. The third kappa shape index (κ3) is 6.82. The maximum absolute atomic E-state index is 12.2. The summed E-state index contributed by atoms with van der Waals surface area (Å²) in [6.07, 6.45) is -0.775. The van der Waals surface area contributed by atoms with Gasteiger partial charge in [-0.2, -0.15) is 0 Å². The second-order valence-corrected chi connectivity index (χ2v) is 9.28. The second kappa shape index (κ2) is 9.02. The lowest BCUT2D eigenvalue weighted by Crippen LogP contribution is -2.51. The summed E-state index contributed by atoms with van der Waals surface area (Å²) in [6.45, 7) is 6.46. The van der Waals surface area contributed by atoms with E-state index >= 15 is 0 Å². The highest BCUT2D eigenvalue weighted by Gasteiger charge is 2.22. The van der Waals surface area contributed by atoms with E-state index in [0.717, 1.165) is 4.31 Å². The lowest BCUT2D eigenvalue weighted by Gasteiger charge is -2.21. The van der Waals surface area contributed by atoms with Crippen LogP contribution in [0.25, 0.3) is 0 Å². The number of nitrogens with one attached hydrogen (secondary N) is 3. The first-order valence-electron chi connectivity index (χ1n) is 8.36. The largest absolute Gasteiger partial charge is 0.444 e. The van der Waals surface area contributed by atoms with Gasteiger partial charge in [-0.05, 0) is 45.9 Å². The minimum Gasteiger partial charge on any atom is -0.444 e. The molecule has 156 valence electrons. The number of hydrogen-bond donors (Lipinski definition) is 3. The normalized spacial score (nSPS) is 12.8. The van der Waals surface area contributed by atoms with Crippen LogP contribution >= 0.6 is 0 Å². The highest BCUT2D eigenvalue weighted by Crippen LogP contribution is 2.14. The summed E-state index contributed by atoms with van der Waals surface area (Å²) < 4.78 is 30.3. The number of carbonyl (C=O) groups is 3. The van der Waals surface area contributed by atoms with E-state index in [2.05, 4.69) is 16.2 Å². The van der Waals surface area contributed by atoms with E-state index in [1.54, 1.807) is 20.8 Å². The number of sulfonamides is 1. The zero-order valence-electron chi connectivity index (χ0n) is 16.7. The van der Waals surface area contributed by atoms with Gasteiger partial charge >= 0.3 is 6.09 Å². The fourth-order valence-electron chi connectivity index (χ4n) is 1.86. The zero-order chi connectivity index (χ0) is 21.7. The van der Waals surface area contributed by atoms with E-state index in [4.69, 9.17) is 4.74 Å². The molecule has 0 bridgehead atoms. The molecule has 0 aliphatic carbocycles. The van der Waals surface area contributed by atoms with Crippen molar-refractivity contribution < 1.29 is 27.5 Å². The highest BCUT2D eigenvalue weighted by molar-refractivity contribution is 7.89. The molecule has 0 saturated heterocycles. The molecule has 11 heteroatoms. The van der Waals surface area contributed by atoms with E-state index in [-0.39, 0.29) is 10.5 Å². The van der Waals surface area contributed by atoms with E-state index in [0.29, 0.717) is 0 Å². The molecule has 0 spiro atoms. The van der Waals surface area contributed by atoms with E-state index < -0.39 is 39.6 Å². The summed E-state index contributed by atoms with van der Waals surface area (Å²) in [5.41, 5.74) is 3.65. The highest BCUT2D eigenvalue weighted by atomic mass is 32.2. The van der Waals surface area contributed by atoms with Gasteiger partial charge in [0.2, 0.25) is 10.0 Å². The molecule has 0 aliphatic rings. The minimum absolute atomic E-state index is 0.0379. The van der Waals surface area contributed by atoms with Crippen molar-refractivity contribution in [2.75, 3.05) is 14.1 Å². The molecule has 3 N–H and O–H groups in total. The molecule has 0 aromatic heterocycles. The number of ether oxygens (including phenoxy) is 1. The van der Waals surface area contributed by atoms with Gasteiger partial charge in [-0.15, -0.1) is 0 Å². The summed E-state index contributed by atoms with van der Waals surface area (Å²) in [5, 5.41) is 2.33. The lowest BCUT2D eigenvalue weighted by atomic mass is 10.2. The zero-order valence-corrected chi connectivity index (χ0v) is 17.5. The first-order valence-corrected chi connectivity index (χ1v) is 9.80. The molecule has 1 aromatic rings. The number of hydrogen-bond acceptors (Lipinski definition) is 6. The van der Waals surface area contributed by atoms with Crippen LogP contribution in [-0.2, 0) is 19.6 Å². The number of rotatable bonds is 5. The van der Waals surface area contributed by atoms with E-state index in [1.165, 1.54) is 45.3 Å². The van der Waals surface area contributed by atoms with Gasteiger partial charge in [0, 0.05) is 19.7 Å². The summed E-state index contributed by atoms with van der Waals surface area (Å²) >= 11 is 0. The minimum atomic E-state index is -3.70. The first kappa shape index (κ1) is 23.4. The third-order valence-electron chi connectivity index (χ3n) is 3.30. The van der Waals surface area contributed by atoms with Crippen molar-refractivity contribution in [2.24, 2.45) is 0 Å². The number of amides is 3. The number of alkyl carbamates (subject to hydrolysis) is 1. The number of hydrazine groups is 1. The van der Waals surface area contributed by atoms with Crippen LogP contribution in [0, 0.1) is 0 Å². The fraction of sp³-hybridized carbons (Fsp3) is 0.471. The van der Waals surface area contributed by atoms with Gasteiger partial charge in [0.1, 0.15) is 11.6 Å². The van der Waals surface area contributed by atoms with Gasteiger partial charge in [0.05, 0.1) is 4.90 Å². The Morgan fingerprint density at radius 2 is 1.71 bits per heavy atom. The van der Waals surface area contributed by atoms with Gasteiger partial charge in [0.15, 0.2) is 0 Å². The Morgan fingerprint density at radius 1 is 1.11 bits per heavy atom. The SMILES string of the molecule is CC(NC(=O)OC(C)(C)C)C(=O)NNC(=O)c1cccc(S(=O)(=O)N(C)C)c1. The molecular weight excluding hydrogens is 388 g/mol. The van der Waals surface area contributed by atoms with Crippen LogP contribution in [0.15, 0.2) is 29.2 Å². The summed E-state index contributed by atoms with van der Waals surface area (Å²) in [5.74, 6) is -1.40. The topological polar surface area (TPSA) is 134 Å². The molecule has 1 unspecified atom stereocenters. The molecule has 0 aliphatic heterocycles. The monoisotopic (exact) mass is 414 g/mol. The quantitative estimate of drug-likeness (QED) is 0.605. The Kier molecular flexibility index (Phi) is 7.53. The molecule has 10 nitrogen and oxygen atoms in total. The Balaban J connectivity index is 2.70. The van der Waals surface area contributed by atoms with Gasteiger partial charge < -0.3 is 10.1 Å². The second-order valence-electron chi connectivity index (χ2n) is 7.13. The number of nitrogens with zero attached hydrogens (tertiary/aromatic N) is 1. The molecule has 0 radical (unpaired) electrons. The number of carbonyl (C=O) groups excluding carboxylic acids is 3. The van der Waals surface area contributed by atoms with Crippen LogP contribution < -0.4 is 16.2 Å². The van der Waals surface area contributed by atoms with Crippen LogP contribution in [0.1, 0.15) is 38.1 Å². The van der Waals surface area contributed by atoms with E-state index in [9.17, 15) is 22.8 Å². The standard InChI is InChI=1S/C17H26N4O6S/c1-11(18-16(24)27-17(2,3)4)14(22)19-20-15(23)12-8-7-9-13(10-12)28(25,26)21(5)6/h7-11H,1-6H3,(H,18,24)(H,19,22)(H,20,23). The van der Waals surface area contributed by atoms with Crippen molar-refractivity contribution in [3.8, 4) is 0 Å². The van der Waals surface area contributed by atoms with Crippen molar-refractivity contribution in [2.45, 2.75) is 44.2 Å². The van der Waals surface area contributed by atoms with Gasteiger partial charge in [-0.25, -0.2) is 17.5 Å². The van der Waals surface area contributed by atoms with Crippen LogP contribution in [-0.4, -0.2) is 56.4 Å². The maximum atomic E-state index is 12.2. The fourth-order valence-corrected chi connectivity index (χ4v) is 2.81. The Labute approximate surface area is 164 Å². The smallest absolute Gasteiger partial charge is 0.408 e. The average molecular weight is 414 g/mol. The van der Waals surface area contributed by atoms with Gasteiger partial charge in [-0.3, -0.25) is 20.4 Å². The molecule has 1 aromatic carbocycles. The third-order valence-corrected chi connectivity index (χ3v) is 5.11. The molecular formula is C17H26N4O6S. The van der Waals surface area contributed by atoms with Crippen molar-refractivity contribution >= 4 is 27.9 Å². The van der Waals surface area contributed by atoms with Crippen LogP contribution in [0.3, 0.4) is 0 Å². The van der Waals surface area contributed by atoms with Crippen LogP contribution in [0.2, 0.25) is 0 Å². The van der Waals surface area contributed by atoms with Crippen molar-refractivity contribution in [3.63, 3.8) is 0 Å². The Morgan fingerprint density at radius 3 is 2.25 bits per heavy atom. The van der Waals surface area contributed by atoms with Crippen molar-refractivity contribution in [1.82, 2.24) is 20.5 Å². The van der Waals surface area contributed by atoms with Crippen LogP contribution in [0.4, 0.5) is 4.79 Å². The van der Waals surface area contributed by atoms with Crippen LogP contribution in [0.5, 0.6) is 0 Å². The molecule has 0 heterocycles. The molecule has 3 amide bonds. The summed E-state index contributed by atoms with van der Waals surface area (Å²) in [4.78, 5) is 35.8. The van der Waals surface area contributed by atoms with Gasteiger partial charge in [-0.1, -0.05) is 6.07 Å². The predicted octanol–water partition coefficient (Wildman–Crippen LogP) is 0.611. The van der Waals surface area contributed by atoms with E-state index in [1.807, 2.05) is 0 Å². The Hall–Kier alpha value is -2.66. The summed E-state index contributed by atoms with van der Waals surface area (Å²) in [7, 11) is -0.949. The molecule has 0 fully saturated rings. The first-order chi connectivity index (χ1) is 12.7. The van der Waals surface area contributed by atoms with Crippen molar-refractivity contribution in [3.05, 3.63) is 29.8 Å². The molecule has 0 saturated carbocycles. The number of benzene rings is 1. The maximum Gasteiger partial charge on any atom is 0.408 e. The van der Waals surface area contributed by atoms with Gasteiger partial charge in [0.25, 0.3) is 11.8 Å². The molecule has 1 atom stereocenters. The van der Waals surface area contributed by atoms with Crippen molar-refractivity contribution in [1.29, 1.82) is 0 Å². The Bertz CT molecular complexity index is 845. The molecule has 28 heavy (non-hydrogen) atoms.